The predicted octanol–water partition coefficient (Wildman–Crippen LogP) is 0.217. The maximum atomic E-state index is 7.42. The maximum Gasteiger partial charge on any atom is 0.141 e. The van der Waals surface area contributed by atoms with E-state index in [1.165, 1.54) is 12.8 Å². The molecule has 2 aliphatic rings. The normalized spacial score (nSPS) is 49.2. The van der Waals surface area contributed by atoms with Crippen LogP contribution in [0.4, 0.5) is 0 Å². The Balaban J connectivity index is 2.05. The standard InChI is InChI=1S/C6H12N2/c1-3-7-8-4-2-6(1)5-8/h6-7H,1-5H2/i/hD. The summed E-state index contributed by atoms with van der Waals surface area (Å²) in [6.07, 6.45) is 2.55. The van der Waals surface area contributed by atoms with Crippen molar-refractivity contribution >= 4 is 0 Å². The third kappa shape index (κ3) is 0.644. The van der Waals surface area contributed by atoms with Crippen LogP contribution >= 0.6 is 0 Å². The second kappa shape index (κ2) is 1.71. The summed E-state index contributed by atoms with van der Waals surface area (Å²) in [5, 5.41) is 2.13. The number of fused-ring (bicyclic) bond motifs is 2. The summed E-state index contributed by atoms with van der Waals surface area (Å²) in [7, 11) is 0. The van der Waals surface area contributed by atoms with Gasteiger partial charge in [-0.05, 0) is 18.8 Å². The van der Waals surface area contributed by atoms with E-state index >= 15 is 0 Å². The zero-order chi connectivity index (χ0) is 6.27. The molecule has 0 amide bonds. The van der Waals surface area contributed by atoms with E-state index in [2.05, 4.69) is 5.01 Å². The second-order valence-corrected chi connectivity index (χ2v) is 2.72. The van der Waals surface area contributed by atoms with Crippen molar-refractivity contribution in [2.75, 3.05) is 19.6 Å². The average molecular weight is 113 g/mol. The molecule has 0 saturated carbocycles. The molecule has 2 saturated heterocycles. The van der Waals surface area contributed by atoms with Crippen LogP contribution in [0.15, 0.2) is 0 Å². The van der Waals surface area contributed by atoms with Crippen molar-refractivity contribution < 1.29 is 1.41 Å². The summed E-state index contributed by atoms with van der Waals surface area (Å²) in [4.78, 5) is 0. The zero-order valence-corrected chi connectivity index (χ0v) is 5.01. The maximum absolute atomic E-state index is 7.42. The average Bonchev–Trinajstić information content (AvgIpc) is 2.25. The minimum atomic E-state index is 0.909. The highest BCUT2D eigenvalue weighted by Crippen LogP contribution is 2.20. The van der Waals surface area contributed by atoms with Crippen molar-refractivity contribution in [1.29, 1.82) is 0 Å². The smallest absolute Gasteiger partial charge is 0.141 e. The van der Waals surface area contributed by atoms with Gasteiger partial charge in [0.15, 0.2) is 0 Å². The van der Waals surface area contributed by atoms with Crippen LogP contribution in [-0.2, 0) is 0 Å². The van der Waals surface area contributed by atoms with Gasteiger partial charge in [-0.25, -0.2) is 5.01 Å². The van der Waals surface area contributed by atoms with Gasteiger partial charge in [-0.3, -0.25) is 5.42 Å². The monoisotopic (exact) mass is 113 g/mol. The van der Waals surface area contributed by atoms with Gasteiger partial charge in [0.25, 0.3) is 0 Å². The van der Waals surface area contributed by atoms with Crippen molar-refractivity contribution in [3.8, 4) is 0 Å². The number of rotatable bonds is 0. The Bertz CT molecular complexity index is 118. The highest BCUT2D eigenvalue weighted by molar-refractivity contribution is 4.77. The summed E-state index contributed by atoms with van der Waals surface area (Å²) >= 11 is 0. The van der Waals surface area contributed by atoms with Gasteiger partial charge in [0, 0.05) is 19.6 Å². The van der Waals surface area contributed by atoms with Crippen molar-refractivity contribution in [3.05, 3.63) is 0 Å². The number of hydrogen-bond donors (Lipinski definition) is 1. The van der Waals surface area contributed by atoms with Crippen molar-refractivity contribution in [2.45, 2.75) is 12.8 Å². The van der Waals surface area contributed by atoms with Gasteiger partial charge in [0.1, 0.15) is 1.41 Å². The SMILES string of the molecule is [2H]N1CCC2CCN1C2. The molecule has 2 unspecified atom stereocenters. The molecule has 2 rings (SSSR count). The van der Waals surface area contributed by atoms with E-state index in [9.17, 15) is 0 Å². The number of hydrazine groups is 1. The first kappa shape index (κ1) is 3.85. The van der Waals surface area contributed by atoms with E-state index < -0.39 is 0 Å². The Labute approximate surface area is 51.3 Å². The Hall–Kier alpha value is -0.0800. The fourth-order valence-electron chi connectivity index (χ4n) is 1.56. The summed E-state index contributed by atoms with van der Waals surface area (Å²) < 4.78 is 7.42. The first-order valence-corrected chi connectivity index (χ1v) is 3.37. The Kier molecular flexibility index (Phi) is 0.822. The van der Waals surface area contributed by atoms with E-state index in [-0.39, 0.29) is 0 Å². The second-order valence-electron chi connectivity index (χ2n) is 2.72. The fraction of sp³-hybridized carbons (Fsp3) is 1.00. The first-order valence-electron chi connectivity index (χ1n) is 3.82. The van der Waals surface area contributed by atoms with E-state index in [1.807, 2.05) is 0 Å². The topological polar surface area (TPSA) is 15.3 Å². The van der Waals surface area contributed by atoms with Crippen LogP contribution < -0.4 is 5.42 Å². The first-order chi connectivity index (χ1) is 4.36. The van der Waals surface area contributed by atoms with Gasteiger partial charge in [-0.2, -0.15) is 0 Å². The molecule has 2 heteroatoms. The zero-order valence-electron chi connectivity index (χ0n) is 6.01. The van der Waals surface area contributed by atoms with Crippen LogP contribution in [0.5, 0.6) is 0 Å². The molecule has 2 aliphatic heterocycles. The van der Waals surface area contributed by atoms with Crippen LogP contribution in [0.3, 0.4) is 0 Å². The Morgan fingerprint density at radius 3 is 3.50 bits per heavy atom. The molecule has 2 nitrogen and oxygen atoms in total. The van der Waals surface area contributed by atoms with Crippen LogP contribution in [-0.4, -0.2) is 24.6 Å². The molecule has 8 heavy (non-hydrogen) atoms. The third-order valence-corrected chi connectivity index (χ3v) is 2.10. The number of nitrogens with one attached hydrogen (secondary N) is 1. The summed E-state index contributed by atoms with van der Waals surface area (Å²) in [5.41, 5.74) is 1.61. The molecule has 0 radical (unpaired) electrons. The van der Waals surface area contributed by atoms with Crippen LogP contribution in [0.1, 0.15) is 12.8 Å². The largest absolute Gasteiger partial charge is 0.255 e. The minimum absolute atomic E-state index is 0.909. The van der Waals surface area contributed by atoms with Gasteiger partial charge in [0.05, 0.1) is 0 Å². The Morgan fingerprint density at radius 2 is 2.62 bits per heavy atom. The van der Waals surface area contributed by atoms with Gasteiger partial charge in [-0.1, -0.05) is 0 Å². The lowest BCUT2D eigenvalue weighted by atomic mass is 10.1. The molecular formula is C6H12N2. The van der Waals surface area contributed by atoms with Gasteiger partial charge in [-0.15, -0.1) is 0 Å². The van der Waals surface area contributed by atoms with E-state index in [1.54, 1.807) is 5.42 Å². The van der Waals surface area contributed by atoms with Crippen LogP contribution in [0, 0.1) is 5.92 Å². The minimum Gasteiger partial charge on any atom is -0.255 e. The molecule has 0 aromatic carbocycles. The number of nitrogens with zero attached hydrogens (tertiary/aromatic N) is 1. The summed E-state index contributed by atoms with van der Waals surface area (Å²) in [6, 6.07) is 0. The van der Waals surface area contributed by atoms with Gasteiger partial charge < -0.3 is 0 Å². The molecule has 2 heterocycles. The molecule has 2 atom stereocenters. The van der Waals surface area contributed by atoms with Crippen LogP contribution in [0.25, 0.3) is 0 Å². The predicted molar refractivity (Wildman–Crippen MR) is 32.3 cm³/mol. The molecule has 46 valence electrons. The van der Waals surface area contributed by atoms with Gasteiger partial charge in [0.2, 0.25) is 0 Å². The molecule has 0 aromatic heterocycles. The molecular weight excluding hydrogens is 100 g/mol. The highest BCUT2D eigenvalue weighted by atomic mass is 15.5. The third-order valence-electron chi connectivity index (χ3n) is 2.10. The quantitative estimate of drug-likeness (QED) is 0.483. The van der Waals surface area contributed by atoms with Crippen molar-refractivity contribution in [1.82, 2.24) is 10.4 Å². The fourth-order valence-corrected chi connectivity index (χ4v) is 1.56. The molecule has 0 aromatic rings. The van der Waals surface area contributed by atoms with Crippen molar-refractivity contribution in [2.24, 2.45) is 5.92 Å². The lowest BCUT2D eigenvalue weighted by molar-refractivity contribution is 0.190. The highest BCUT2D eigenvalue weighted by Gasteiger charge is 2.25. The molecule has 0 spiro atoms. The molecule has 2 fully saturated rings. The molecule has 0 aliphatic carbocycles. The lowest BCUT2D eigenvalue weighted by Gasteiger charge is -2.22. The lowest BCUT2D eigenvalue weighted by Crippen LogP contribution is -2.40. The Morgan fingerprint density at radius 1 is 1.62 bits per heavy atom. The van der Waals surface area contributed by atoms with Crippen LogP contribution in [0.2, 0.25) is 1.41 Å². The van der Waals surface area contributed by atoms with E-state index in [0.717, 1.165) is 25.6 Å². The van der Waals surface area contributed by atoms with E-state index in [0.29, 0.717) is 0 Å². The molecule has 2 bridgehead atoms. The van der Waals surface area contributed by atoms with Gasteiger partial charge >= 0.3 is 0 Å². The van der Waals surface area contributed by atoms with Crippen molar-refractivity contribution in [3.63, 3.8) is 0 Å². The molecule has 1 N–H and O–H groups in total. The van der Waals surface area contributed by atoms with E-state index in [4.69, 9.17) is 1.41 Å². The summed E-state index contributed by atoms with van der Waals surface area (Å²) in [5.74, 6) is 0.909. The number of hydrogen-bond acceptors (Lipinski definition) is 2. The summed E-state index contributed by atoms with van der Waals surface area (Å²) in [6.45, 7) is 3.21.